The van der Waals surface area contributed by atoms with Crippen LogP contribution in [0.2, 0.25) is 0 Å². The Bertz CT molecular complexity index is 183. The van der Waals surface area contributed by atoms with Gasteiger partial charge in [-0.1, -0.05) is 0 Å². The summed E-state index contributed by atoms with van der Waals surface area (Å²) in [5.74, 6) is -0.521. The average Bonchev–Trinajstić information content (AvgIpc) is 1.79. The first-order valence-corrected chi connectivity index (χ1v) is 2.57. The molecule has 1 aliphatic rings. The maximum atomic E-state index is 10.6. The van der Waals surface area contributed by atoms with E-state index in [4.69, 9.17) is 0 Å². The van der Waals surface area contributed by atoms with Crippen LogP contribution in [0.4, 0.5) is 4.79 Å². The number of hydrogen-bond donors (Lipinski definition) is 1. The Kier molecular flexibility index (Phi) is 3.51. The molecule has 5 heteroatoms. The second-order valence-electron chi connectivity index (χ2n) is 2.43. The summed E-state index contributed by atoms with van der Waals surface area (Å²) in [5, 5.41) is 2.33. The molecule has 0 atom stereocenters. The van der Waals surface area contributed by atoms with Crippen molar-refractivity contribution in [2.75, 3.05) is 0 Å². The molecule has 10 heavy (non-hydrogen) atoms. The van der Waals surface area contributed by atoms with E-state index < -0.39 is 17.6 Å². The summed E-state index contributed by atoms with van der Waals surface area (Å²) < 4.78 is 4.19. The zero-order valence-corrected chi connectivity index (χ0v) is 9.35. The number of carbonyl (C=O) groups is 2. The fourth-order valence-electron chi connectivity index (χ4n) is 0.543. The Morgan fingerprint density at radius 1 is 1.50 bits per heavy atom. The van der Waals surface area contributed by atoms with Gasteiger partial charge < -0.3 is 11.5 Å². The minimum Gasteiger partial charge on any atom is -1.00 e. The molecule has 1 amide bonds. The molecule has 0 unspecified atom stereocenters. The molecule has 0 aliphatic carbocycles. The summed E-state index contributed by atoms with van der Waals surface area (Å²) in [6, 6.07) is 0. The molecule has 1 N–H and O–H groups in total. The van der Waals surface area contributed by atoms with E-state index in [0.717, 1.165) is 0 Å². The summed E-state index contributed by atoms with van der Waals surface area (Å²) in [6.45, 7) is 3.17. The van der Waals surface area contributed by atoms with E-state index in [1.165, 1.54) is 0 Å². The fraction of sp³-hybridized carbons (Fsp3) is 0.600. The second kappa shape index (κ2) is 3.32. The molecule has 52 valence electrons. The molecular formula is C5H8KNO3. The zero-order valence-electron chi connectivity index (χ0n) is 7.22. The molecule has 1 fully saturated rings. The number of amides is 1. The molecule has 0 aromatic rings. The van der Waals surface area contributed by atoms with Gasteiger partial charge >= 0.3 is 63.4 Å². The van der Waals surface area contributed by atoms with Crippen molar-refractivity contribution >= 4 is 12.1 Å². The smallest absolute Gasteiger partial charge is 1.00 e. The number of esters is 1. The van der Waals surface area contributed by atoms with E-state index in [1.54, 1.807) is 13.8 Å². The number of carbonyl (C=O) groups excluding carboxylic acids is 2. The maximum absolute atomic E-state index is 10.6. The van der Waals surface area contributed by atoms with Crippen molar-refractivity contribution < 1.29 is 67.1 Å². The van der Waals surface area contributed by atoms with Gasteiger partial charge in [0.15, 0.2) is 0 Å². The van der Waals surface area contributed by atoms with E-state index in [2.05, 4.69) is 10.1 Å². The molecule has 0 spiro atoms. The van der Waals surface area contributed by atoms with Gasteiger partial charge in [0.05, 0.1) is 0 Å². The first kappa shape index (κ1) is 10.6. The largest absolute Gasteiger partial charge is 1.00 e. The van der Waals surface area contributed by atoms with Crippen LogP contribution in [0, 0.1) is 0 Å². The Morgan fingerprint density at radius 2 is 2.00 bits per heavy atom. The maximum Gasteiger partial charge on any atom is 1.00 e. The summed E-state index contributed by atoms with van der Waals surface area (Å²) in [7, 11) is 0. The Morgan fingerprint density at radius 3 is 2.10 bits per heavy atom. The van der Waals surface area contributed by atoms with Crippen LogP contribution in [0.3, 0.4) is 0 Å². The molecule has 0 aromatic carbocycles. The molecule has 1 rings (SSSR count). The van der Waals surface area contributed by atoms with Crippen LogP contribution in [0.15, 0.2) is 0 Å². The zero-order chi connectivity index (χ0) is 7.07. The molecule has 1 aliphatic heterocycles. The quantitative estimate of drug-likeness (QED) is 0.241. The van der Waals surface area contributed by atoms with Gasteiger partial charge in [-0.05, 0) is 13.8 Å². The van der Waals surface area contributed by atoms with Crippen LogP contribution in [-0.2, 0) is 9.53 Å². The average molecular weight is 169 g/mol. The van der Waals surface area contributed by atoms with E-state index in [0.29, 0.717) is 0 Å². The molecule has 0 aromatic heterocycles. The third-order valence-corrected chi connectivity index (χ3v) is 1.11. The molecular weight excluding hydrogens is 161 g/mol. The number of ether oxygens (including phenoxy) is 1. The van der Waals surface area contributed by atoms with Crippen molar-refractivity contribution in [1.29, 1.82) is 0 Å². The first-order chi connectivity index (χ1) is 4.02. The van der Waals surface area contributed by atoms with Gasteiger partial charge in [0.25, 0.3) is 0 Å². The van der Waals surface area contributed by atoms with Crippen LogP contribution in [0.1, 0.15) is 15.3 Å². The normalized spacial score (nSPS) is 21.0. The molecule has 0 bridgehead atoms. The van der Waals surface area contributed by atoms with Gasteiger partial charge in [-0.3, -0.25) is 0 Å². The van der Waals surface area contributed by atoms with Crippen LogP contribution in [-0.4, -0.2) is 17.6 Å². The van der Waals surface area contributed by atoms with Gasteiger partial charge in [-0.15, -0.1) is 0 Å². The summed E-state index contributed by atoms with van der Waals surface area (Å²) in [4.78, 5) is 20.9. The van der Waals surface area contributed by atoms with E-state index >= 15 is 0 Å². The standard InChI is InChI=1S/C5H7NO3.K.H/c1-5(2)3(7)9-4(8)6-5;;/h1-2H3,(H,6,8);;/q;+1;-1. The molecule has 0 saturated carbocycles. The third kappa shape index (κ3) is 2.03. The molecule has 1 heterocycles. The number of nitrogens with one attached hydrogen (secondary N) is 1. The van der Waals surface area contributed by atoms with E-state index in [1.807, 2.05) is 0 Å². The second-order valence-corrected chi connectivity index (χ2v) is 2.43. The van der Waals surface area contributed by atoms with Gasteiger partial charge in [-0.2, -0.15) is 0 Å². The topological polar surface area (TPSA) is 55.4 Å². The molecule has 0 radical (unpaired) electrons. The third-order valence-electron chi connectivity index (χ3n) is 1.11. The molecule has 4 nitrogen and oxygen atoms in total. The van der Waals surface area contributed by atoms with Crippen molar-refractivity contribution in [1.82, 2.24) is 5.32 Å². The number of rotatable bonds is 0. The Labute approximate surface area is 103 Å². The van der Waals surface area contributed by atoms with E-state index in [9.17, 15) is 9.59 Å². The molecule has 1 saturated heterocycles. The van der Waals surface area contributed by atoms with Crippen LogP contribution >= 0.6 is 0 Å². The van der Waals surface area contributed by atoms with Crippen molar-refractivity contribution in [3.8, 4) is 0 Å². The van der Waals surface area contributed by atoms with Crippen LogP contribution < -0.4 is 56.7 Å². The van der Waals surface area contributed by atoms with Gasteiger partial charge in [0, 0.05) is 0 Å². The summed E-state index contributed by atoms with van der Waals surface area (Å²) >= 11 is 0. The first-order valence-electron chi connectivity index (χ1n) is 2.57. The minimum atomic E-state index is -0.836. The summed E-state index contributed by atoms with van der Waals surface area (Å²) in [6.07, 6.45) is -0.662. The van der Waals surface area contributed by atoms with Crippen molar-refractivity contribution in [3.63, 3.8) is 0 Å². The van der Waals surface area contributed by atoms with Crippen molar-refractivity contribution in [2.24, 2.45) is 0 Å². The van der Waals surface area contributed by atoms with Crippen molar-refractivity contribution in [3.05, 3.63) is 0 Å². The predicted octanol–water partition coefficient (Wildman–Crippen LogP) is -2.85. The fourth-order valence-corrected chi connectivity index (χ4v) is 0.543. The van der Waals surface area contributed by atoms with Gasteiger partial charge in [0.2, 0.25) is 0 Å². The Hall–Kier alpha value is 0.576. The monoisotopic (exact) mass is 169 g/mol. The SMILES string of the molecule is CC1(C)NC(=O)OC1=O.[H-].[K+]. The predicted molar refractivity (Wildman–Crippen MR) is 29.8 cm³/mol. The van der Waals surface area contributed by atoms with Crippen LogP contribution in [0.25, 0.3) is 0 Å². The van der Waals surface area contributed by atoms with E-state index in [-0.39, 0.29) is 52.8 Å². The number of alkyl carbamates (subject to hydrolysis) is 1. The van der Waals surface area contributed by atoms with Crippen LogP contribution in [0.5, 0.6) is 0 Å². The Balaban J connectivity index is 0. The number of cyclic esters (lactones) is 2. The van der Waals surface area contributed by atoms with Crippen molar-refractivity contribution in [2.45, 2.75) is 19.4 Å². The minimum absolute atomic E-state index is 0. The summed E-state index contributed by atoms with van der Waals surface area (Å²) in [5.41, 5.74) is -0.836. The number of hydrogen-bond acceptors (Lipinski definition) is 3. The van der Waals surface area contributed by atoms with Gasteiger partial charge in [-0.25, -0.2) is 9.59 Å². The van der Waals surface area contributed by atoms with Gasteiger partial charge in [0.1, 0.15) is 5.54 Å².